The van der Waals surface area contributed by atoms with Gasteiger partial charge in [0.25, 0.3) is 0 Å². The highest BCUT2D eigenvalue weighted by Crippen LogP contribution is 2.17. The Bertz CT molecular complexity index is 836. The van der Waals surface area contributed by atoms with Crippen LogP contribution >= 0.6 is 0 Å². The third kappa shape index (κ3) is 6.51. The average Bonchev–Trinajstić information content (AvgIpc) is 2.65. The molecule has 148 valence electrons. The summed E-state index contributed by atoms with van der Waals surface area (Å²) in [6.45, 7) is 2.39. The summed E-state index contributed by atoms with van der Waals surface area (Å²) < 4.78 is 5.03. The molecule has 0 heterocycles. The van der Waals surface area contributed by atoms with Crippen molar-refractivity contribution in [2.45, 2.75) is 26.5 Å². The number of rotatable bonds is 9. The number of carbonyl (C=O) groups is 3. The molecular formula is C21H24N2O5. The fourth-order valence-electron chi connectivity index (χ4n) is 2.75. The number of aromatic carboxylic acids is 1. The standard InChI is InChI=1S/C21H24N2O5/c1-15(24)23(13-16-6-4-3-5-7-16)9-8-20(25)22-19-11-17(14-28-2)10-18(12-19)21(26)27/h3-7,10-12H,8-9,13-14H2,1-2H3,(H,22,25)(H,26,27). The Labute approximate surface area is 163 Å². The fraction of sp³-hybridized carbons (Fsp3) is 0.286. The molecule has 0 aliphatic heterocycles. The van der Waals surface area contributed by atoms with Crippen molar-refractivity contribution in [1.82, 2.24) is 4.90 Å². The Morgan fingerprint density at radius 1 is 1.07 bits per heavy atom. The van der Waals surface area contributed by atoms with Gasteiger partial charge in [-0.2, -0.15) is 0 Å². The zero-order valence-electron chi connectivity index (χ0n) is 16.0. The molecule has 28 heavy (non-hydrogen) atoms. The minimum Gasteiger partial charge on any atom is -0.478 e. The molecule has 2 aromatic carbocycles. The summed E-state index contributed by atoms with van der Waals surface area (Å²) in [5, 5.41) is 11.9. The first-order valence-corrected chi connectivity index (χ1v) is 8.84. The van der Waals surface area contributed by atoms with E-state index in [-0.39, 0.29) is 37.0 Å². The molecule has 0 unspecified atom stereocenters. The van der Waals surface area contributed by atoms with Gasteiger partial charge in [0.05, 0.1) is 12.2 Å². The maximum absolute atomic E-state index is 12.3. The van der Waals surface area contributed by atoms with Crippen LogP contribution in [0.3, 0.4) is 0 Å². The van der Waals surface area contributed by atoms with Crippen molar-refractivity contribution in [3.05, 3.63) is 65.2 Å². The van der Waals surface area contributed by atoms with Crippen molar-refractivity contribution in [1.29, 1.82) is 0 Å². The van der Waals surface area contributed by atoms with E-state index in [4.69, 9.17) is 4.74 Å². The maximum Gasteiger partial charge on any atom is 0.335 e. The molecule has 2 rings (SSSR count). The molecule has 0 saturated heterocycles. The summed E-state index contributed by atoms with van der Waals surface area (Å²) >= 11 is 0. The summed E-state index contributed by atoms with van der Waals surface area (Å²) in [6.07, 6.45) is 0.101. The number of benzene rings is 2. The first-order chi connectivity index (χ1) is 13.4. The van der Waals surface area contributed by atoms with Crippen LogP contribution in [0.2, 0.25) is 0 Å². The molecule has 0 aliphatic rings. The first kappa shape index (κ1) is 21.1. The number of amides is 2. The molecule has 0 aliphatic carbocycles. The maximum atomic E-state index is 12.3. The second-order valence-corrected chi connectivity index (χ2v) is 6.38. The lowest BCUT2D eigenvalue weighted by Gasteiger charge is -2.21. The Hall–Kier alpha value is -3.19. The summed E-state index contributed by atoms with van der Waals surface area (Å²) in [4.78, 5) is 37.0. The number of carboxylic acid groups (broad SMARTS) is 1. The second-order valence-electron chi connectivity index (χ2n) is 6.38. The van der Waals surface area contributed by atoms with Gasteiger partial charge >= 0.3 is 5.97 Å². The van der Waals surface area contributed by atoms with E-state index in [0.717, 1.165) is 5.56 Å². The van der Waals surface area contributed by atoms with Crippen LogP contribution in [-0.2, 0) is 27.5 Å². The van der Waals surface area contributed by atoms with Gasteiger partial charge in [-0.3, -0.25) is 9.59 Å². The summed E-state index contributed by atoms with van der Waals surface area (Å²) in [5.74, 6) is -1.50. The summed E-state index contributed by atoms with van der Waals surface area (Å²) in [6, 6.07) is 14.1. The minimum atomic E-state index is -1.08. The van der Waals surface area contributed by atoms with Crippen LogP contribution in [0.25, 0.3) is 0 Å². The Balaban J connectivity index is 2.00. The normalized spacial score (nSPS) is 10.4. The van der Waals surface area contributed by atoms with E-state index < -0.39 is 5.97 Å². The molecule has 0 fully saturated rings. The fourth-order valence-corrected chi connectivity index (χ4v) is 2.75. The van der Waals surface area contributed by atoms with Gasteiger partial charge in [0.15, 0.2) is 0 Å². The molecule has 0 bridgehead atoms. The van der Waals surface area contributed by atoms with Gasteiger partial charge in [0.2, 0.25) is 11.8 Å². The predicted octanol–water partition coefficient (Wildman–Crippen LogP) is 2.91. The van der Waals surface area contributed by atoms with E-state index in [2.05, 4.69) is 5.32 Å². The quantitative estimate of drug-likeness (QED) is 0.693. The third-order valence-electron chi connectivity index (χ3n) is 4.10. The van der Waals surface area contributed by atoms with Crippen molar-refractivity contribution in [3.8, 4) is 0 Å². The zero-order valence-corrected chi connectivity index (χ0v) is 16.0. The van der Waals surface area contributed by atoms with Crippen molar-refractivity contribution in [2.24, 2.45) is 0 Å². The van der Waals surface area contributed by atoms with Crippen LogP contribution in [0, 0.1) is 0 Å². The lowest BCUT2D eigenvalue weighted by molar-refractivity contribution is -0.129. The number of hydrogen-bond donors (Lipinski definition) is 2. The second kappa shape index (κ2) is 10.2. The molecule has 7 heteroatoms. The van der Waals surface area contributed by atoms with Crippen molar-refractivity contribution in [2.75, 3.05) is 19.0 Å². The highest BCUT2D eigenvalue weighted by molar-refractivity contribution is 5.94. The third-order valence-corrected chi connectivity index (χ3v) is 4.10. The van der Waals surface area contributed by atoms with Crippen LogP contribution < -0.4 is 5.32 Å². The van der Waals surface area contributed by atoms with E-state index in [0.29, 0.717) is 17.8 Å². The number of nitrogens with one attached hydrogen (secondary N) is 1. The SMILES string of the molecule is COCc1cc(NC(=O)CCN(Cc2ccccc2)C(C)=O)cc(C(=O)O)c1. The van der Waals surface area contributed by atoms with Crippen molar-refractivity contribution >= 4 is 23.5 Å². The lowest BCUT2D eigenvalue weighted by atomic mass is 10.1. The van der Waals surface area contributed by atoms with E-state index in [1.54, 1.807) is 11.0 Å². The van der Waals surface area contributed by atoms with Gasteiger partial charge in [-0.15, -0.1) is 0 Å². The number of carbonyl (C=O) groups excluding carboxylic acids is 2. The number of methoxy groups -OCH3 is 1. The summed E-state index contributed by atoms with van der Waals surface area (Å²) in [7, 11) is 1.51. The van der Waals surface area contributed by atoms with Crippen LogP contribution in [0.5, 0.6) is 0 Å². The average molecular weight is 384 g/mol. The van der Waals surface area contributed by atoms with Crippen LogP contribution in [0.4, 0.5) is 5.69 Å². The van der Waals surface area contributed by atoms with E-state index >= 15 is 0 Å². The zero-order chi connectivity index (χ0) is 20.5. The first-order valence-electron chi connectivity index (χ1n) is 8.84. The van der Waals surface area contributed by atoms with Crippen LogP contribution in [0.1, 0.15) is 34.8 Å². The summed E-state index contributed by atoms with van der Waals surface area (Å²) in [5.41, 5.74) is 2.08. The largest absolute Gasteiger partial charge is 0.478 e. The molecule has 0 aromatic heterocycles. The van der Waals surface area contributed by atoms with E-state index in [1.807, 2.05) is 30.3 Å². The number of anilines is 1. The highest BCUT2D eigenvalue weighted by atomic mass is 16.5. The highest BCUT2D eigenvalue weighted by Gasteiger charge is 2.13. The Kier molecular flexibility index (Phi) is 7.71. The molecule has 0 spiro atoms. The van der Waals surface area contributed by atoms with Gasteiger partial charge in [0, 0.05) is 39.2 Å². The monoisotopic (exact) mass is 384 g/mol. The van der Waals surface area contributed by atoms with E-state index in [9.17, 15) is 19.5 Å². The van der Waals surface area contributed by atoms with Crippen molar-refractivity contribution < 1.29 is 24.2 Å². The predicted molar refractivity (Wildman–Crippen MR) is 105 cm³/mol. The number of ether oxygens (including phenoxy) is 1. The van der Waals surface area contributed by atoms with Gasteiger partial charge in [-0.1, -0.05) is 30.3 Å². The smallest absolute Gasteiger partial charge is 0.335 e. The van der Waals surface area contributed by atoms with Gasteiger partial charge in [-0.25, -0.2) is 4.79 Å². The number of nitrogens with zero attached hydrogens (tertiary/aromatic N) is 1. The lowest BCUT2D eigenvalue weighted by Crippen LogP contribution is -2.31. The van der Waals surface area contributed by atoms with Gasteiger partial charge < -0.3 is 20.1 Å². The molecule has 2 amide bonds. The molecular weight excluding hydrogens is 360 g/mol. The Morgan fingerprint density at radius 2 is 1.79 bits per heavy atom. The molecule has 7 nitrogen and oxygen atoms in total. The molecule has 2 aromatic rings. The minimum absolute atomic E-state index is 0.0688. The van der Waals surface area contributed by atoms with Crippen LogP contribution in [-0.4, -0.2) is 41.4 Å². The van der Waals surface area contributed by atoms with Gasteiger partial charge in [-0.05, 0) is 29.3 Å². The molecule has 0 atom stereocenters. The molecule has 0 radical (unpaired) electrons. The van der Waals surface area contributed by atoms with Crippen LogP contribution in [0.15, 0.2) is 48.5 Å². The van der Waals surface area contributed by atoms with Crippen molar-refractivity contribution in [3.63, 3.8) is 0 Å². The number of carboxylic acids is 1. The number of hydrogen-bond acceptors (Lipinski definition) is 4. The Morgan fingerprint density at radius 3 is 2.39 bits per heavy atom. The topological polar surface area (TPSA) is 95.9 Å². The molecule has 0 saturated carbocycles. The van der Waals surface area contributed by atoms with E-state index in [1.165, 1.54) is 26.2 Å². The molecule has 2 N–H and O–H groups in total. The van der Waals surface area contributed by atoms with Gasteiger partial charge in [0.1, 0.15) is 0 Å².